The molecule has 3 aliphatic heterocycles. The monoisotopic (exact) mass is 385 g/mol. The fourth-order valence-corrected chi connectivity index (χ4v) is 5.16. The zero-order valence-electron chi connectivity index (χ0n) is 17.7. The molecule has 4 rings (SSSR count). The van der Waals surface area contributed by atoms with Gasteiger partial charge in [0.25, 0.3) is 0 Å². The van der Waals surface area contributed by atoms with E-state index in [2.05, 4.69) is 39.0 Å². The first-order valence-electron chi connectivity index (χ1n) is 11.8. The molecular formula is C24H39N3O. The third kappa shape index (κ3) is 5.95. The second-order valence-electron chi connectivity index (χ2n) is 9.02. The van der Waals surface area contributed by atoms with E-state index in [1.807, 2.05) is 0 Å². The van der Waals surface area contributed by atoms with Crippen LogP contribution in [0.25, 0.3) is 0 Å². The van der Waals surface area contributed by atoms with Crippen LogP contribution in [-0.4, -0.2) is 73.2 Å². The first-order chi connectivity index (χ1) is 13.9. The third-order valence-corrected chi connectivity index (χ3v) is 6.81. The van der Waals surface area contributed by atoms with Gasteiger partial charge in [0, 0.05) is 25.7 Å². The largest absolute Gasteiger partial charge is 0.494 e. The Morgan fingerprint density at radius 2 is 1.50 bits per heavy atom. The van der Waals surface area contributed by atoms with Crippen LogP contribution in [0.2, 0.25) is 0 Å². The predicted molar refractivity (Wildman–Crippen MR) is 116 cm³/mol. The van der Waals surface area contributed by atoms with Gasteiger partial charge in [-0.1, -0.05) is 18.6 Å². The molecule has 3 heterocycles. The number of rotatable bonds is 9. The highest BCUT2D eigenvalue weighted by Gasteiger charge is 2.27. The Hall–Kier alpha value is -1.10. The quantitative estimate of drug-likeness (QED) is 0.598. The maximum absolute atomic E-state index is 5.98. The van der Waals surface area contributed by atoms with Crippen molar-refractivity contribution in [3.63, 3.8) is 0 Å². The minimum Gasteiger partial charge on any atom is -0.494 e. The summed E-state index contributed by atoms with van der Waals surface area (Å²) in [4.78, 5) is 7.96. The smallest absolute Gasteiger partial charge is 0.119 e. The van der Waals surface area contributed by atoms with Gasteiger partial charge in [-0.05, 0) is 95.4 Å². The number of hydrogen-bond donors (Lipinski definition) is 0. The highest BCUT2D eigenvalue weighted by molar-refractivity contribution is 5.27. The molecule has 3 saturated heterocycles. The van der Waals surface area contributed by atoms with Crippen LogP contribution < -0.4 is 4.74 Å². The molecule has 156 valence electrons. The van der Waals surface area contributed by atoms with Gasteiger partial charge in [-0.2, -0.15) is 0 Å². The van der Waals surface area contributed by atoms with E-state index >= 15 is 0 Å². The summed E-state index contributed by atoms with van der Waals surface area (Å²) in [6.45, 7) is 10.8. The van der Waals surface area contributed by atoms with E-state index in [1.54, 1.807) is 0 Å². The summed E-state index contributed by atoms with van der Waals surface area (Å²) in [5, 5.41) is 0. The van der Waals surface area contributed by atoms with Gasteiger partial charge in [-0.15, -0.1) is 0 Å². The SMILES string of the molecule is c1cc(OCCCN2CCCCC2)ccc1CN1CCC[C@H]1CN1CCCC1. The summed E-state index contributed by atoms with van der Waals surface area (Å²) < 4.78 is 5.98. The number of nitrogens with zero attached hydrogens (tertiary/aromatic N) is 3. The molecule has 0 saturated carbocycles. The topological polar surface area (TPSA) is 19.0 Å². The molecule has 28 heavy (non-hydrogen) atoms. The van der Waals surface area contributed by atoms with Crippen molar-refractivity contribution in [3.05, 3.63) is 29.8 Å². The van der Waals surface area contributed by atoms with Gasteiger partial charge in [0.15, 0.2) is 0 Å². The van der Waals surface area contributed by atoms with Crippen molar-refractivity contribution in [2.75, 3.05) is 52.4 Å². The van der Waals surface area contributed by atoms with E-state index in [0.29, 0.717) is 0 Å². The Kier molecular flexibility index (Phi) is 7.65. The van der Waals surface area contributed by atoms with E-state index < -0.39 is 0 Å². The molecule has 0 aromatic heterocycles. The molecule has 0 spiro atoms. The summed E-state index contributed by atoms with van der Waals surface area (Å²) in [5.74, 6) is 1.03. The van der Waals surface area contributed by atoms with Gasteiger partial charge in [-0.3, -0.25) is 4.90 Å². The molecule has 3 fully saturated rings. The molecule has 3 aliphatic rings. The van der Waals surface area contributed by atoms with Crippen LogP contribution in [0.3, 0.4) is 0 Å². The fraction of sp³-hybridized carbons (Fsp3) is 0.750. The first kappa shape index (κ1) is 20.2. The number of ether oxygens (including phenoxy) is 1. The Bertz CT molecular complexity index is 564. The van der Waals surface area contributed by atoms with E-state index in [-0.39, 0.29) is 0 Å². The lowest BCUT2D eigenvalue weighted by Gasteiger charge is -2.28. The minimum absolute atomic E-state index is 0.754. The second-order valence-corrected chi connectivity index (χ2v) is 9.02. The maximum Gasteiger partial charge on any atom is 0.119 e. The van der Waals surface area contributed by atoms with Crippen molar-refractivity contribution < 1.29 is 4.74 Å². The van der Waals surface area contributed by atoms with Crippen LogP contribution in [-0.2, 0) is 6.54 Å². The summed E-state index contributed by atoms with van der Waals surface area (Å²) >= 11 is 0. The van der Waals surface area contributed by atoms with Gasteiger partial charge in [-0.25, -0.2) is 0 Å². The average molecular weight is 386 g/mol. The van der Waals surface area contributed by atoms with Crippen LogP contribution in [0.15, 0.2) is 24.3 Å². The Morgan fingerprint density at radius 3 is 2.29 bits per heavy atom. The molecule has 0 N–H and O–H groups in total. The molecule has 1 aromatic carbocycles. The normalized spacial score (nSPS) is 24.8. The van der Waals surface area contributed by atoms with Crippen molar-refractivity contribution in [3.8, 4) is 5.75 Å². The maximum atomic E-state index is 5.98. The van der Waals surface area contributed by atoms with Crippen molar-refractivity contribution >= 4 is 0 Å². The summed E-state index contributed by atoms with van der Waals surface area (Å²) in [5.41, 5.74) is 1.42. The highest BCUT2D eigenvalue weighted by Crippen LogP contribution is 2.23. The second kappa shape index (κ2) is 10.6. The van der Waals surface area contributed by atoms with Crippen LogP contribution in [0.5, 0.6) is 5.75 Å². The molecule has 4 heteroatoms. The van der Waals surface area contributed by atoms with E-state index in [9.17, 15) is 0 Å². The molecule has 4 nitrogen and oxygen atoms in total. The van der Waals surface area contributed by atoms with Crippen molar-refractivity contribution in [1.82, 2.24) is 14.7 Å². The predicted octanol–water partition coefficient (Wildman–Crippen LogP) is 4.00. The molecule has 0 unspecified atom stereocenters. The lowest BCUT2D eigenvalue weighted by molar-refractivity contribution is 0.185. The average Bonchev–Trinajstić information content (AvgIpc) is 3.40. The third-order valence-electron chi connectivity index (χ3n) is 6.81. The standard InChI is InChI=1S/C24H39N3O/c1-2-13-25(14-3-1)17-7-19-28-24-11-9-22(10-12-24)20-27-18-6-8-23(27)21-26-15-4-5-16-26/h9-12,23H,1-8,13-21H2/t23-/m0/s1. The minimum atomic E-state index is 0.754. The van der Waals surface area contributed by atoms with Crippen LogP contribution in [0.1, 0.15) is 56.9 Å². The number of benzene rings is 1. The zero-order valence-corrected chi connectivity index (χ0v) is 17.7. The zero-order chi connectivity index (χ0) is 19.0. The molecule has 0 amide bonds. The van der Waals surface area contributed by atoms with Crippen LogP contribution >= 0.6 is 0 Å². The van der Waals surface area contributed by atoms with Crippen LogP contribution in [0, 0.1) is 0 Å². The van der Waals surface area contributed by atoms with Gasteiger partial charge >= 0.3 is 0 Å². The van der Waals surface area contributed by atoms with E-state index in [1.165, 1.54) is 96.3 Å². The lowest BCUT2D eigenvalue weighted by Crippen LogP contribution is -2.38. The van der Waals surface area contributed by atoms with Gasteiger partial charge in [0.05, 0.1) is 6.61 Å². The molecular weight excluding hydrogens is 346 g/mol. The van der Waals surface area contributed by atoms with Crippen molar-refractivity contribution in [2.24, 2.45) is 0 Å². The summed E-state index contributed by atoms with van der Waals surface area (Å²) in [6, 6.07) is 9.63. The van der Waals surface area contributed by atoms with Gasteiger partial charge in [0.2, 0.25) is 0 Å². The molecule has 1 aromatic rings. The van der Waals surface area contributed by atoms with Crippen molar-refractivity contribution in [1.29, 1.82) is 0 Å². The van der Waals surface area contributed by atoms with Crippen LogP contribution in [0.4, 0.5) is 0 Å². The Balaban J connectivity index is 1.17. The molecule has 1 atom stereocenters. The highest BCUT2D eigenvalue weighted by atomic mass is 16.5. The Labute approximate surface area is 171 Å². The summed E-state index contributed by atoms with van der Waals surface area (Å²) in [7, 11) is 0. The molecule has 0 aliphatic carbocycles. The van der Waals surface area contributed by atoms with Crippen molar-refractivity contribution in [2.45, 2.75) is 64.0 Å². The number of piperidine rings is 1. The van der Waals surface area contributed by atoms with Gasteiger partial charge in [0.1, 0.15) is 5.75 Å². The number of likely N-dealkylation sites (tertiary alicyclic amines) is 3. The molecule has 0 radical (unpaired) electrons. The number of hydrogen-bond acceptors (Lipinski definition) is 4. The fourth-order valence-electron chi connectivity index (χ4n) is 5.16. The Morgan fingerprint density at radius 1 is 0.786 bits per heavy atom. The molecule has 0 bridgehead atoms. The van der Waals surface area contributed by atoms with E-state index in [4.69, 9.17) is 4.74 Å². The first-order valence-corrected chi connectivity index (χ1v) is 11.8. The lowest BCUT2D eigenvalue weighted by atomic mass is 10.1. The van der Waals surface area contributed by atoms with Gasteiger partial charge < -0.3 is 14.5 Å². The van der Waals surface area contributed by atoms with E-state index in [0.717, 1.165) is 31.4 Å². The summed E-state index contributed by atoms with van der Waals surface area (Å²) in [6.07, 6.45) is 10.8.